The lowest BCUT2D eigenvalue weighted by Crippen LogP contribution is -2.14. The number of rotatable bonds is 5. The fourth-order valence-electron chi connectivity index (χ4n) is 2.91. The van der Waals surface area contributed by atoms with Crippen LogP contribution in [0.15, 0.2) is 53.7 Å². The van der Waals surface area contributed by atoms with E-state index in [4.69, 9.17) is 0 Å². The zero-order valence-electron chi connectivity index (χ0n) is 14.6. The highest BCUT2D eigenvalue weighted by atomic mass is 32.2. The number of aryl methyl sites for hydroxylation is 1. The molecular formula is C20H18N4OS. The molecule has 0 radical (unpaired) electrons. The summed E-state index contributed by atoms with van der Waals surface area (Å²) >= 11 is 1.33. The van der Waals surface area contributed by atoms with Gasteiger partial charge in [0.2, 0.25) is 5.16 Å². The van der Waals surface area contributed by atoms with Crippen molar-refractivity contribution in [1.29, 1.82) is 0 Å². The number of fused-ring (bicyclic) bond motifs is 3. The summed E-state index contributed by atoms with van der Waals surface area (Å²) in [5.74, 6) is 0.0676. The summed E-state index contributed by atoms with van der Waals surface area (Å²) in [6, 6.07) is 15.7. The molecule has 4 aromatic rings. The molecule has 0 bridgehead atoms. The van der Waals surface area contributed by atoms with E-state index in [1.807, 2.05) is 55.5 Å². The second-order valence-electron chi connectivity index (χ2n) is 6.14. The van der Waals surface area contributed by atoms with Crippen molar-refractivity contribution in [1.82, 2.24) is 20.2 Å². The molecule has 0 unspecified atom stereocenters. The second kappa shape index (κ2) is 6.88. The van der Waals surface area contributed by atoms with Crippen molar-refractivity contribution in [2.45, 2.75) is 30.7 Å². The third kappa shape index (κ3) is 3.08. The highest BCUT2D eigenvalue weighted by molar-refractivity contribution is 8.00. The van der Waals surface area contributed by atoms with Crippen LogP contribution in [0.3, 0.4) is 0 Å². The summed E-state index contributed by atoms with van der Waals surface area (Å²) in [4.78, 5) is 20.4. The number of hydrogen-bond acceptors (Lipinski definition) is 5. The lowest BCUT2D eigenvalue weighted by molar-refractivity contribution is 0.0994. The molecule has 0 saturated carbocycles. The summed E-state index contributed by atoms with van der Waals surface area (Å²) in [7, 11) is 0. The van der Waals surface area contributed by atoms with Crippen molar-refractivity contribution in [3.8, 4) is 0 Å². The van der Waals surface area contributed by atoms with E-state index >= 15 is 0 Å². The predicted octanol–water partition coefficient (Wildman–Crippen LogP) is 4.43. The first-order valence-electron chi connectivity index (χ1n) is 8.56. The average Bonchev–Trinajstić information content (AvgIpc) is 3.05. The van der Waals surface area contributed by atoms with Crippen molar-refractivity contribution >= 4 is 39.6 Å². The molecule has 26 heavy (non-hydrogen) atoms. The fourth-order valence-corrected chi connectivity index (χ4v) is 3.70. The molecule has 130 valence electrons. The Morgan fingerprint density at radius 2 is 1.88 bits per heavy atom. The molecule has 1 atom stereocenters. The maximum Gasteiger partial charge on any atom is 0.211 e. The molecule has 0 fully saturated rings. The first-order chi connectivity index (χ1) is 12.7. The summed E-state index contributed by atoms with van der Waals surface area (Å²) in [6.07, 6.45) is 0.961. The quantitative estimate of drug-likeness (QED) is 0.420. The van der Waals surface area contributed by atoms with Crippen LogP contribution in [0.2, 0.25) is 0 Å². The Labute approximate surface area is 155 Å². The van der Waals surface area contributed by atoms with E-state index < -0.39 is 0 Å². The first-order valence-corrected chi connectivity index (χ1v) is 9.44. The monoisotopic (exact) mass is 362 g/mol. The molecular weight excluding hydrogens is 344 g/mol. The van der Waals surface area contributed by atoms with Gasteiger partial charge in [0.1, 0.15) is 5.52 Å². The van der Waals surface area contributed by atoms with Gasteiger partial charge < -0.3 is 4.98 Å². The van der Waals surface area contributed by atoms with Gasteiger partial charge in [-0.15, -0.1) is 10.2 Å². The van der Waals surface area contributed by atoms with Crippen LogP contribution in [-0.4, -0.2) is 31.2 Å². The molecule has 2 aromatic heterocycles. The predicted molar refractivity (Wildman–Crippen MR) is 105 cm³/mol. The molecule has 0 aliphatic rings. The molecule has 0 aliphatic carbocycles. The summed E-state index contributed by atoms with van der Waals surface area (Å²) < 4.78 is 0. The summed E-state index contributed by atoms with van der Waals surface area (Å²) in [5, 5.41) is 9.71. The van der Waals surface area contributed by atoms with Gasteiger partial charge in [0, 0.05) is 16.5 Å². The Balaban J connectivity index is 1.57. The van der Waals surface area contributed by atoms with E-state index in [-0.39, 0.29) is 11.0 Å². The lowest BCUT2D eigenvalue weighted by Gasteiger charge is -2.09. The van der Waals surface area contributed by atoms with E-state index in [9.17, 15) is 4.79 Å². The summed E-state index contributed by atoms with van der Waals surface area (Å²) in [5.41, 5.74) is 4.35. The number of nitrogens with zero attached hydrogens (tertiary/aromatic N) is 3. The van der Waals surface area contributed by atoms with Crippen molar-refractivity contribution in [3.05, 3.63) is 59.7 Å². The molecule has 1 N–H and O–H groups in total. The molecule has 6 heteroatoms. The molecule has 0 amide bonds. The van der Waals surface area contributed by atoms with Gasteiger partial charge in [-0.25, -0.2) is 4.98 Å². The van der Waals surface area contributed by atoms with Crippen LogP contribution >= 0.6 is 11.8 Å². The number of ketones is 1. The largest absolute Gasteiger partial charge is 0.338 e. The number of Topliss-reactive ketones (excluding diaryl/α,β-unsaturated/α-hetero) is 1. The Morgan fingerprint density at radius 1 is 1.12 bits per heavy atom. The number of benzene rings is 2. The zero-order chi connectivity index (χ0) is 18.1. The molecule has 0 spiro atoms. The molecule has 2 heterocycles. The maximum absolute atomic E-state index is 12.6. The van der Waals surface area contributed by atoms with E-state index in [0.29, 0.717) is 16.4 Å². The van der Waals surface area contributed by atoms with Gasteiger partial charge in [0.05, 0.1) is 5.25 Å². The van der Waals surface area contributed by atoms with E-state index in [0.717, 1.165) is 22.8 Å². The van der Waals surface area contributed by atoms with Crippen LogP contribution in [0.25, 0.3) is 22.1 Å². The van der Waals surface area contributed by atoms with Crippen LogP contribution in [0.1, 0.15) is 29.8 Å². The van der Waals surface area contributed by atoms with Crippen LogP contribution < -0.4 is 0 Å². The molecule has 5 nitrogen and oxygen atoms in total. The number of carbonyl (C=O) groups excluding carboxylic acids is 1. The van der Waals surface area contributed by atoms with Crippen LogP contribution in [0.4, 0.5) is 0 Å². The Morgan fingerprint density at radius 3 is 2.65 bits per heavy atom. The van der Waals surface area contributed by atoms with Gasteiger partial charge in [-0.3, -0.25) is 4.79 Å². The zero-order valence-corrected chi connectivity index (χ0v) is 15.4. The fraction of sp³-hybridized carbons (Fsp3) is 0.200. The minimum absolute atomic E-state index is 0.0676. The van der Waals surface area contributed by atoms with E-state index in [2.05, 4.69) is 27.1 Å². The average molecular weight is 362 g/mol. The van der Waals surface area contributed by atoms with Gasteiger partial charge in [-0.05, 0) is 25.0 Å². The third-order valence-corrected chi connectivity index (χ3v) is 5.35. The van der Waals surface area contributed by atoms with Crippen molar-refractivity contribution in [2.24, 2.45) is 0 Å². The highest BCUT2D eigenvalue weighted by Gasteiger charge is 2.19. The van der Waals surface area contributed by atoms with Gasteiger partial charge in [0.25, 0.3) is 0 Å². The minimum Gasteiger partial charge on any atom is -0.338 e. The second-order valence-corrected chi connectivity index (χ2v) is 7.44. The molecule has 0 saturated heterocycles. The smallest absolute Gasteiger partial charge is 0.211 e. The minimum atomic E-state index is -0.286. The van der Waals surface area contributed by atoms with Gasteiger partial charge in [-0.2, -0.15) is 0 Å². The molecule has 0 aliphatic heterocycles. The Kier molecular flexibility index (Phi) is 4.42. The number of thioether (sulfide) groups is 1. The number of H-pyrrole nitrogens is 1. The molecule has 2 aromatic carbocycles. The normalized spacial score (nSPS) is 12.5. The summed E-state index contributed by atoms with van der Waals surface area (Å²) in [6.45, 7) is 3.97. The topological polar surface area (TPSA) is 71.5 Å². The van der Waals surface area contributed by atoms with Crippen molar-refractivity contribution < 1.29 is 4.79 Å². The lowest BCUT2D eigenvalue weighted by atomic mass is 10.1. The third-order valence-electron chi connectivity index (χ3n) is 4.40. The Bertz CT molecular complexity index is 1090. The number of para-hydroxylation sites is 1. The van der Waals surface area contributed by atoms with Crippen LogP contribution in [-0.2, 0) is 6.42 Å². The molecule has 4 rings (SSSR count). The van der Waals surface area contributed by atoms with E-state index in [1.165, 1.54) is 17.3 Å². The maximum atomic E-state index is 12.6. The number of hydrogen-bond donors (Lipinski definition) is 1. The number of aromatic nitrogens is 4. The Hall–Kier alpha value is -2.73. The van der Waals surface area contributed by atoms with E-state index in [1.54, 1.807) is 0 Å². The standard InChI is InChI=1S/C20H18N4OS/c1-3-13-8-10-14(11-9-13)18(25)12(2)26-20-22-19-17(23-24-20)15-6-4-5-7-16(15)21-19/h4-12H,3H2,1-2H3,(H,21,22,24)/t12-/m0/s1. The number of aromatic amines is 1. The van der Waals surface area contributed by atoms with Crippen molar-refractivity contribution in [3.63, 3.8) is 0 Å². The van der Waals surface area contributed by atoms with Crippen LogP contribution in [0, 0.1) is 0 Å². The number of nitrogens with one attached hydrogen (secondary N) is 1. The highest BCUT2D eigenvalue weighted by Crippen LogP contribution is 2.26. The van der Waals surface area contributed by atoms with Gasteiger partial charge in [-0.1, -0.05) is 61.2 Å². The SMILES string of the molecule is CCc1ccc(C(=O)[C@H](C)Sc2nnc3c(n2)[nH]c2ccccc23)cc1. The van der Waals surface area contributed by atoms with Gasteiger partial charge in [0.15, 0.2) is 11.4 Å². The van der Waals surface area contributed by atoms with Gasteiger partial charge >= 0.3 is 0 Å². The van der Waals surface area contributed by atoms with Crippen molar-refractivity contribution in [2.75, 3.05) is 0 Å². The van der Waals surface area contributed by atoms with Crippen LogP contribution in [0.5, 0.6) is 0 Å². The first kappa shape index (κ1) is 16.7. The number of carbonyl (C=O) groups is 1.